The second-order valence-electron chi connectivity index (χ2n) is 6.52. The molecule has 8 heteroatoms. The second kappa shape index (κ2) is 8.06. The number of sulfonamides is 1. The maximum absolute atomic E-state index is 13.7. The summed E-state index contributed by atoms with van der Waals surface area (Å²) < 4.78 is 40.6. The fourth-order valence-electron chi connectivity index (χ4n) is 2.97. The molecule has 0 atom stereocenters. The first-order valence-corrected chi connectivity index (χ1v) is 10.2. The van der Waals surface area contributed by atoms with E-state index in [2.05, 4.69) is 4.72 Å². The molecule has 0 aliphatic carbocycles. The number of aliphatic hydroxyl groups is 1. The van der Waals surface area contributed by atoms with E-state index in [1.807, 2.05) is 0 Å². The SMILES string of the molecule is O=C(Cc1ccc(NS(=O)(=O)c2ccccc2F)cc1)N1CCC(O)CC1. The number of piperidine rings is 1. The predicted octanol–water partition coefficient (Wildman–Crippen LogP) is 2.15. The van der Waals surface area contributed by atoms with E-state index < -0.39 is 20.7 Å². The number of hydrogen-bond donors (Lipinski definition) is 2. The number of likely N-dealkylation sites (tertiary alicyclic amines) is 1. The molecule has 0 saturated carbocycles. The Labute approximate surface area is 157 Å². The molecule has 1 fully saturated rings. The molecule has 144 valence electrons. The predicted molar refractivity (Wildman–Crippen MR) is 99.2 cm³/mol. The van der Waals surface area contributed by atoms with Crippen LogP contribution in [0.4, 0.5) is 10.1 Å². The number of nitrogens with one attached hydrogen (secondary N) is 1. The molecule has 3 rings (SSSR count). The van der Waals surface area contributed by atoms with Crippen LogP contribution in [0.5, 0.6) is 0 Å². The first-order chi connectivity index (χ1) is 12.8. The van der Waals surface area contributed by atoms with Crippen LogP contribution in [0.1, 0.15) is 18.4 Å². The molecule has 1 amide bonds. The van der Waals surface area contributed by atoms with Crippen LogP contribution < -0.4 is 4.72 Å². The minimum absolute atomic E-state index is 0.0263. The van der Waals surface area contributed by atoms with Gasteiger partial charge in [-0.2, -0.15) is 0 Å². The summed E-state index contributed by atoms with van der Waals surface area (Å²) in [4.78, 5) is 13.6. The Balaban J connectivity index is 1.63. The molecule has 2 N–H and O–H groups in total. The van der Waals surface area contributed by atoms with Gasteiger partial charge in [-0.05, 0) is 42.7 Å². The van der Waals surface area contributed by atoms with Crippen molar-refractivity contribution >= 4 is 21.6 Å². The van der Waals surface area contributed by atoms with Crippen LogP contribution in [0.2, 0.25) is 0 Å². The van der Waals surface area contributed by atoms with E-state index in [0.29, 0.717) is 25.9 Å². The minimum Gasteiger partial charge on any atom is -0.393 e. The van der Waals surface area contributed by atoms with Gasteiger partial charge in [0.25, 0.3) is 10.0 Å². The van der Waals surface area contributed by atoms with Gasteiger partial charge in [0.1, 0.15) is 10.7 Å². The average molecular weight is 392 g/mol. The molecule has 1 saturated heterocycles. The summed E-state index contributed by atoms with van der Waals surface area (Å²) in [5.41, 5.74) is 1.04. The Bertz CT molecular complexity index is 908. The quantitative estimate of drug-likeness (QED) is 0.816. The number of hydrogen-bond acceptors (Lipinski definition) is 4. The van der Waals surface area contributed by atoms with Gasteiger partial charge in [0.15, 0.2) is 0 Å². The largest absolute Gasteiger partial charge is 0.393 e. The lowest BCUT2D eigenvalue weighted by atomic mass is 10.1. The average Bonchev–Trinajstić information content (AvgIpc) is 2.64. The van der Waals surface area contributed by atoms with Crippen molar-refractivity contribution in [3.05, 3.63) is 59.9 Å². The summed E-state index contributed by atoms with van der Waals surface area (Å²) >= 11 is 0. The normalized spacial score (nSPS) is 15.6. The van der Waals surface area contributed by atoms with Crippen molar-refractivity contribution in [2.45, 2.75) is 30.3 Å². The molecule has 0 aromatic heterocycles. The van der Waals surface area contributed by atoms with Crippen molar-refractivity contribution < 1.29 is 22.7 Å². The van der Waals surface area contributed by atoms with Gasteiger partial charge in [0, 0.05) is 18.8 Å². The molecule has 1 aliphatic rings. The molecule has 0 bridgehead atoms. The van der Waals surface area contributed by atoms with E-state index in [-0.39, 0.29) is 24.1 Å². The van der Waals surface area contributed by atoms with Gasteiger partial charge in [-0.1, -0.05) is 24.3 Å². The molecule has 6 nitrogen and oxygen atoms in total. The summed E-state index contributed by atoms with van der Waals surface area (Å²) in [6.07, 6.45) is 1.04. The number of halogens is 1. The highest BCUT2D eigenvalue weighted by molar-refractivity contribution is 7.92. The highest BCUT2D eigenvalue weighted by Gasteiger charge is 2.21. The molecule has 0 spiro atoms. The third-order valence-corrected chi connectivity index (χ3v) is 5.92. The van der Waals surface area contributed by atoms with Gasteiger partial charge < -0.3 is 10.0 Å². The summed E-state index contributed by atoms with van der Waals surface area (Å²) in [5.74, 6) is -0.847. The van der Waals surface area contributed by atoms with Gasteiger partial charge in [-0.3, -0.25) is 9.52 Å². The Morgan fingerprint density at radius 3 is 2.37 bits per heavy atom. The van der Waals surface area contributed by atoms with E-state index in [4.69, 9.17) is 0 Å². The summed E-state index contributed by atoms with van der Waals surface area (Å²) in [6.45, 7) is 1.08. The van der Waals surface area contributed by atoms with Crippen LogP contribution >= 0.6 is 0 Å². The van der Waals surface area contributed by atoms with Crippen molar-refractivity contribution in [2.24, 2.45) is 0 Å². The molecule has 1 heterocycles. The summed E-state index contributed by atoms with van der Waals surface area (Å²) in [7, 11) is -4.03. The lowest BCUT2D eigenvalue weighted by Gasteiger charge is -2.29. The van der Waals surface area contributed by atoms with Crippen molar-refractivity contribution in [3.63, 3.8) is 0 Å². The summed E-state index contributed by atoms with van der Waals surface area (Å²) in [6, 6.07) is 11.6. The first kappa shape index (κ1) is 19.3. The Morgan fingerprint density at radius 1 is 1.11 bits per heavy atom. The first-order valence-electron chi connectivity index (χ1n) is 8.67. The Hall–Kier alpha value is -2.45. The zero-order valence-electron chi connectivity index (χ0n) is 14.6. The smallest absolute Gasteiger partial charge is 0.264 e. The zero-order valence-corrected chi connectivity index (χ0v) is 15.5. The van der Waals surface area contributed by atoms with Crippen LogP contribution in [-0.2, 0) is 21.2 Å². The van der Waals surface area contributed by atoms with Crippen molar-refractivity contribution in [1.82, 2.24) is 4.90 Å². The molecule has 27 heavy (non-hydrogen) atoms. The highest BCUT2D eigenvalue weighted by Crippen LogP contribution is 2.19. The molecule has 2 aromatic rings. The number of rotatable bonds is 5. The second-order valence-corrected chi connectivity index (χ2v) is 8.17. The lowest BCUT2D eigenvalue weighted by Crippen LogP contribution is -2.40. The molecule has 2 aromatic carbocycles. The van der Waals surface area contributed by atoms with E-state index in [1.54, 1.807) is 29.2 Å². The van der Waals surface area contributed by atoms with Crippen LogP contribution in [0.3, 0.4) is 0 Å². The number of carbonyl (C=O) groups excluding carboxylic acids is 1. The van der Waals surface area contributed by atoms with Crippen LogP contribution in [-0.4, -0.2) is 43.5 Å². The fraction of sp³-hybridized carbons (Fsp3) is 0.316. The number of nitrogens with zero attached hydrogens (tertiary/aromatic N) is 1. The maximum atomic E-state index is 13.7. The number of benzene rings is 2. The van der Waals surface area contributed by atoms with Gasteiger partial charge in [0.2, 0.25) is 5.91 Å². The number of aliphatic hydroxyl groups excluding tert-OH is 1. The minimum atomic E-state index is -4.03. The van der Waals surface area contributed by atoms with Crippen molar-refractivity contribution in [2.75, 3.05) is 17.8 Å². The Morgan fingerprint density at radius 2 is 1.74 bits per heavy atom. The van der Waals surface area contributed by atoms with Crippen LogP contribution in [0.25, 0.3) is 0 Å². The van der Waals surface area contributed by atoms with Crippen LogP contribution in [0, 0.1) is 5.82 Å². The zero-order chi connectivity index (χ0) is 19.4. The van der Waals surface area contributed by atoms with E-state index in [0.717, 1.165) is 11.6 Å². The third kappa shape index (κ3) is 4.84. The monoisotopic (exact) mass is 392 g/mol. The van der Waals surface area contributed by atoms with Gasteiger partial charge in [-0.15, -0.1) is 0 Å². The number of anilines is 1. The van der Waals surface area contributed by atoms with Crippen LogP contribution in [0.15, 0.2) is 53.4 Å². The molecule has 0 unspecified atom stereocenters. The molecule has 1 aliphatic heterocycles. The van der Waals surface area contributed by atoms with E-state index in [9.17, 15) is 22.7 Å². The Kier molecular flexibility index (Phi) is 5.76. The number of carbonyl (C=O) groups is 1. The number of amides is 1. The van der Waals surface area contributed by atoms with E-state index in [1.165, 1.54) is 18.2 Å². The molecular formula is C19H21FN2O4S. The standard InChI is InChI=1S/C19H21FN2O4S/c20-17-3-1-2-4-18(17)27(25,26)21-15-7-5-14(6-8-15)13-19(24)22-11-9-16(23)10-12-22/h1-8,16,21,23H,9-13H2. The van der Waals surface area contributed by atoms with Gasteiger partial charge in [0.05, 0.1) is 12.5 Å². The van der Waals surface area contributed by atoms with Gasteiger partial charge in [-0.25, -0.2) is 12.8 Å². The van der Waals surface area contributed by atoms with E-state index >= 15 is 0 Å². The van der Waals surface area contributed by atoms with Crippen molar-refractivity contribution in [3.8, 4) is 0 Å². The highest BCUT2D eigenvalue weighted by atomic mass is 32.2. The molecular weight excluding hydrogens is 371 g/mol. The third-order valence-electron chi connectivity index (χ3n) is 4.50. The molecule has 0 radical (unpaired) electrons. The topological polar surface area (TPSA) is 86.7 Å². The van der Waals surface area contributed by atoms with Crippen molar-refractivity contribution in [1.29, 1.82) is 0 Å². The van der Waals surface area contributed by atoms with Gasteiger partial charge >= 0.3 is 0 Å². The lowest BCUT2D eigenvalue weighted by molar-refractivity contribution is -0.132. The maximum Gasteiger partial charge on any atom is 0.264 e. The summed E-state index contributed by atoms with van der Waals surface area (Å²) in [5, 5.41) is 9.50. The fourth-order valence-corrected chi connectivity index (χ4v) is 4.10.